The van der Waals surface area contributed by atoms with Crippen molar-refractivity contribution in [1.29, 1.82) is 0 Å². The van der Waals surface area contributed by atoms with Crippen LogP contribution >= 0.6 is 23.2 Å². The molecule has 1 rings (SSSR count). The van der Waals surface area contributed by atoms with Gasteiger partial charge in [-0.05, 0) is 24.8 Å². The van der Waals surface area contributed by atoms with E-state index in [0.717, 1.165) is 12.8 Å². The third kappa shape index (κ3) is 4.06. The Hall–Kier alpha value is -0.670. The Kier molecular flexibility index (Phi) is 5.16. The highest BCUT2D eigenvalue weighted by Gasteiger charge is 2.08. The predicted octanol–water partition coefficient (Wildman–Crippen LogP) is 3.79. The molecule has 1 aromatic rings. The van der Waals surface area contributed by atoms with E-state index in [4.69, 9.17) is 33.7 Å². The zero-order valence-electron chi connectivity index (χ0n) is 9.46. The Morgan fingerprint density at radius 2 is 2.06 bits per heavy atom. The summed E-state index contributed by atoms with van der Waals surface area (Å²) in [6.45, 7) is 4.93. The third-order valence-corrected chi connectivity index (χ3v) is 2.66. The number of anilines is 1. The minimum absolute atomic E-state index is 0.241. The zero-order valence-corrected chi connectivity index (χ0v) is 11.0. The fraction of sp³-hybridized carbons (Fsp3) is 0.545. The van der Waals surface area contributed by atoms with Crippen LogP contribution in [-0.4, -0.2) is 11.6 Å². The van der Waals surface area contributed by atoms with Gasteiger partial charge in [0.15, 0.2) is 0 Å². The Labute approximate surface area is 106 Å². The molecule has 0 saturated carbocycles. The SMILES string of the molecule is CC(C)CCCOc1nc(N)c(Cl)cc1Cl. The largest absolute Gasteiger partial charge is 0.477 e. The predicted molar refractivity (Wildman–Crippen MR) is 68.2 cm³/mol. The lowest BCUT2D eigenvalue weighted by molar-refractivity contribution is 0.288. The molecule has 3 nitrogen and oxygen atoms in total. The van der Waals surface area contributed by atoms with Crippen molar-refractivity contribution in [3.63, 3.8) is 0 Å². The number of pyridine rings is 1. The third-order valence-electron chi connectivity index (χ3n) is 2.09. The van der Waals surface area contributed by atoms with E-state index >= 15 is 0 Å². The molecule has 0 aliphatic heterocycles. The molecule has 0 aliphatic rings. The van der Waals surface area contributed by atoms with E-state index in [-0.39, 0.29) is 5.82 Å². The van der Waals surface area contributed by atoms with Crippen molar-refractivity contribution in [1.82, 2.24) is 4.98 Å². The normalized spacial score (nSPS) is 10.8. The number of rotatable bonds is 5. The van der Waals surface area contributed by atoms with E-state index in [2.05, 4.69) is 18.8 Å². The van der Waals surface area contributed by atoms with Crippen LogP contribution in [0.5, 0.6) is 5.88 Å². The summed E-state index contributed by atoms with van der Waals surface area (Å²) < 4.78 is 5.44. The first-order chi connectivity index (χ1) is 7.50. The van der Waals surface area contributed by atoms with Crippen molar-refractivity contribution < 1.29 is 4.74 Å². The molecule has 90 valence electrons. The second-order valence-corrected chi connectivity index (χ2v) is 4.84. The molecular formula is C11H16Cl2N2O. The van der Waals surface area contributed by atoms with Crippen molar-refractivity contribution in [2.75, 3.05) is 12.3 Å². The van der Waals surface area contributed by atoms with Gasteiger partial charge in [-0.15, -0.1) is 0 Å². The summed E-state index contributed by atoms with van der Waals surface area (Å²) in [6, 6.07) is 1.54. The lowest BCUT2D eigenvalue weighted by atomic mass is 10.1. The van der Waals surface area contributed by atoms with Crippen LogP contribution in [0.2, 0.25) is 10.0 Å². The van der Waals surface area contributed by atoms with E-state index in [0.29, 0.717) is 28.5 Å². The molecule has 0 radical (unpaired) electrons. The summed E-state index contributed by atoms with van der Waals surface area (Å²) in [5.41, 5.74) is 5.56. The van der Waals surface area contributed by atoms with Crippen LogP contribution in [0, 0.1) is 5.92 Å². The molecule has 0 unspecified atom stereocenters. The number of hydrogen-bond acceptors (Lipinski definition) is 3. The van der Waals surface area contributed by atoms with Gasteiger partial charge in [0.25, 0.3) is 0 Å². The van der Waals surface area contributed by atoms with Gasteiger partial charge in [-0.1, -0.05) is 37.0 Å². The molecular weight excluding hydrogens is 247 g/mol. The monoisotopic (exact) mass is 262 g/mol. The first-order valence-electron chi connectivity index (χ1n) is 5.25. The summed E-state index contributed by atoms with van der Waals surface area (Å²) in [4.78, 5) is 3.98. The van der Waals surface area contributed by atoms with E-state index in [1.807, 2.05) is 0 Å². The second kappa shape index (κ2) is 6.16. The number of ether oxygens (including phenoxy) is 1. The fourth-order valence-corrected chi connectivity index (χ4v) is 1.64. The number of hydrogen-bond donors (Lipinski definition) is 1. The first kappa shape index (κ1) is 13.4. The molecule has 1 aromatic heterocycles. The quantitative estimate of drug-likeness (QED) is 0.822. The lowest BCUT2D eigenvalue weighted by Crippen LogP contribution is -2.03. The highest BCUT2D eigenvalue weighted by atomic mass is 35.5. The van der Waals surface area contributed by atoms with Gasteiger partial charge in [0.05, 0.1) is 11.6 Å². The van der Waals surface area contributed by atoms with Gasteiger partial charge in [-0.2, -0.15) is 4.98 Å². The van der Waals surface area contributed by atoms with Crippen molar-refractivity contribution in [2.45, 2.75) is 26.7 Å². The van der Waals surface area contributed by atoms with Crippen LogP contribution in [0.25, 0.3) is 0 Å². The fourth-order valence-electron chi connectivity index (χ4n) is 1.22. The summed E-state index contributed by atoms with van der Waals surface area (Å²) in [6.07, 6.45) is 2.08. The molecule has 16 heavy (non-hydrogen) atoms. The molecule has 0 aromatic carbocycles. The van der Waals surface area contributed by atoms with Gasteiger partial charge in [0.1, 0.15) is 10.8 Å². The molecule has 0 fully saturated rings. The van der Waals surface area contributed by atoms with Gasteiger partial charge in [-0.3, -0.25) is 0 Å². The Bertz CT molecular complexity index is 356. The molecule has 0 aliphatic carbocycles. The summed E-state index contributed by atoms with van der Waals surface area (Å²) in [5.74, 6) is 1.26. The molecule has 1 heterocycles. The molecule has 0 atom stereocenters. The molecule has 5 heteroatoms. The molecule has 0 amide bonds. The molecule has 0 saturated heterocycles. The van der Waals surface area contributed by atoms with Gasteiger partial charge < -0.3 is 10.5 Å². The molecule has 0 bridgehead atoms. The maximum Gasteiger partial charge on any atom is 0.234 e. The van der Waals surface area contributed by atoms with Crippen molar-refractivity contribution in [3.8, 4) is 5.88 Å². The summed E-state index contributed by atoms with van der Waals surface area (Å²) >= 11 is 11.7. The van der Waals surface area contributed by atoms with E-state index in [1.165, 1.54) is 0 Å². The topological polar surface area (TPSA) is 48.1 Å². The standard InChI is InChI=1S/C11H16Cl2N2O/c1-7(2)4-3-5-16-11-9(13)6-8(12)10(14)15-11/h6-7H,3-5H2,1-2H3,(H2,14,15). The molecule has 0 spiro atoms. The van der Waals surface area contributed by atoms with E-state index in [1.54, 1.807) is 6.07 Å². The van der Waals surface area contributed by atoms with Crippen LogP contribution < -0.4 is 10.5 Å². The summed E-state index contributed by atoms with van der Waals surface area (Å²) in [5, 5.41) is 0.739. The van der Waals surface area contributed by atoms with Crippen molar-refractivity contribution >= 4 is 29.0 Å². The van der Waals surface area contributed by atoms with Gasteiger partial charge in [-0.25, -0.2) is 0 Å². The maximum atomic E-state index is 5.92. The average molecular weight is 263 g/mol. The van der Waals surface area contributed by atoms with Gasteiger partial charge >= 0.3 is 0 Å². The van der Waals surface area contributed by atoms with Crippen LogP contribution in [0.3, 0.4) is 0 Å². The Morgan fingerprint density at radius 3 is 2.69 bits per heavy atom. The van der Waals surface area contributed by atoms with Crippen LogP contribution in [0.15, 0.2) is 6.07 Å². The smallest absolute Gasteiger partial charge is 0.234 e. The minimum Gasteiger partial charge on any atom is -0.477 e. The first-order valence-corrected chi connectivity index (χ1v) is 6.00. The number of halogens is 2. The van der Waals surface area contributed by atoms with Crippen LogP contribution in [-0.2, 0) is 0 Å². The number of nitrogens with two attached hydrogens (primary N) is 1. The van der Waals surface area contributed by atoms with Crippen LogP contribution in [0.1, 0.15) is 26.7 Å². The van der Waals surface area contributed by atoms with Crippen molar-refractivity contribution in [2.24, 2.45) is 5.92 Å². The zero-order chi connectivity index (χ0) is 12.1. The van der Waals surface area contributed by atoms with Crippen molar-refractivity contribution in [3.05, 3.63) is 16.1 Å². The van der Waals surface area contributed by atoms with Crippen LogP contribution in [0.4, 0.5) is 5.82 Å². The average Bonchev–Trinajstić information content (AvgIpc) is 2.19. The number of nitrogen functional groups attached to an aromatic ring is 1. The molecule has 2 N–H and O–H groups in total. The Balaban J connectivity index is 2.51. The summed E-state index contributed by atoms with van der Waals surface area (Å²) in [7, 11) is 0. The second-order valence-electron chi connectivity index (χ2n) is 4.03. The van der Waals surface area contributed by atoms with E-state index in [9.17, 15) is 0 Å². The van der Waals surface area contributed by atoms with Gasteiger partial charge in [0, 0.05) is 0 Å². The maximum absolute atomic E-state index is 5.92. The number of aromatic nitrogens is 1. The highest BCUT2D eigenvalue weighted by molar-refractivity contribution is 6.36. The lowest BCUT2D eigenvalue weighted by Gasteiger charge is -2.09. The Morgan fingerprint density at radius 1 is 1.38 bits per heavy atom. The number of nitrogens with zero attached hydrogens (tertiary/aromatic N) is 1. The van der Waals surface area contributed by atoms with Gasteiger partial charge in [0.2, 0.25) is 5.88 Å². The highest BCUT2D eigenvalue weighted by Crippen LogP contribution is 2.29. The minimum atomic E-state index is 0.241. The van der Waals surface area contributed by atoms with E-state index < -0.39 is 0 Å².